The number of nitrogens with zero attached hydrogens (tertiary/aromatic N) is 3. The van der Waals surface area contributed by atoms with E-state index in [4.69, 9.17) is 9.40 Å². The minimum Gasteiger partial charge on any atom is -0.440 e. The Kier molecular flexibility index (Phi) is 3.97. The highest BCUT2D eigenvalue weighted by molar-refractivity contribution is 5.92. The van der Waals surface area contributed by atoms with Crippen molar-refractivity contribution in [2.45, 2.75) is 25.7 Å². The third-order valence-electron chi connectivity index (χ3n) is 5.88. The number of para-hydroxylation sites is 1. The number of oxazole rings is 1. The maximum atomic E-state index is 12.4. The maximum absolute atomic E-state index is 12.4. The van der Waals surface area contributed by atoms with Crippen molar-refractivity contribution in [3.05, 3.63) is 70.3 Å². The Bertz CT molecular complexity index is 1230. The number of anilines is 1. The van der Waals surface area contributed by atoms with Crippen LogP contribution in [0, 0.1) is 6.92 Å². The lowest BCUT2D eigenvalue weighted by molar-refractivity contribution is 0.407. The number of aromatic nitrogens is 2. The van der Waals surface area contributed by atoms with Crippen molar-refractivity contribution in [2.24, 2.45) is 7.05 Å². The summed E-state index contributed by atoms with van der Waals surface area (Å²) in [5, 5.41) is 1.13. The molecule has 1 aliphatic heterocycles. The number of aryl methyl sites for hydroxylation is 2. The zero-order valence-electron chi connectivity index (χ0n) is 16.2. The Morgan fingerprint density at radius 1 is 1.07 bits per heavy atom. The van der Waals surface area contributed by atoms with E-state index >= 15 is 0 Å². The average molecular weight is 373 g/mol. The number of fused-ring (bicyclic) bond motifs is 2. The second-order valence-corrected chi connectivity index (χ2v) is 7.73. The van der Waals surface area contributed by atoms with Crippen LogP contribution in [-0.2, 0) is 7.05 Å². The molecule has 0 aliphatic carbocycles. The van der Waals surface area contributed by atoms with Crippen LogP contribution in [0.3, 0.4) is 0 Å². The third kappa shape index (κ3) is 2.78. The van der Waals surface area contributed by atoms with Crippen LogP contribution < -0.4 is 10.5 Å². The molecule has 2 aromatic carbocycles. The van der Waals surface area contributed by atoms with E-state index in [2.05, 4.69) is 30.0 Å². The lowest BCUT2D eigenvalue weighted by Crippen LogP contribution is -2.34. The molecular formula is C23H23N3O2. The third-order valence-corrected chi connectivity index (χ3v) is 5.88. The zero-order valence-corrected chi connectivity index (χ0v) is 16.2. The molecule has 5 nitrogen and oxygen atoms in total. The normalized spacial score (nSPS) is 15.6. The van der Waals surface area contributed by atoms with Crippen LogP contribution in [0.4, 0.5) is 5.69 Å². The van der Waals surface area contributed by atoms with Crippen LogP contribution in [0.25, 0.3) is 22.0 Å². The van der Waals surface area contributed by atoms with Gasteiger partial charge in [0.2, 0.25) is 0 Å². The molecule has 5 heteroatoms. The highest BCUT2D eigenvalue weighted by Crippen LogP contribution is 2.34. The summed E-state index contributed by atoms with van der Waals surface area (Å²) >= 11 is 0. The van der Waals surface area contributed by atoms with Crippen LogP contribution in [0.15, 0.2) is 57.7 Å². The van der Waals surface area contributed by atoms with E-state index in [9.17, 15) is 4.79 Å². The number of hydrogen-bond acceptors (Lipinski definition) is 4. The summed E-state index contributed by atoms with van der Waals surface area (Å²) in [7, 11) is 1.83. The second-order valence-electron chi connectivity index (χ2n) is 7.73. The van der Waals surface area contributed by atoms with E-state index in [0.29, 0.717) is 5.92 Å². The first-order valence-corrected chi connectivity index (χ1v) is 9.81. The molecular weight excluding hydrogens is 350 g/mol. The molecule has 0 radical (unpaired) electrons. The first kappa shape index (κ1) is 17.0. The minimum atomic E-state index is 0.0325. The molecule has 4 aromatic rings. The van der Waals surface area contributed by atoms with Gasteiger partial charge in [0, 0.05) is 37.5 Å². The van der Waals surface area contributed by atoms with Crippen molar-refractivity contribution in [1.29, 1.82) is 0 Å². The lowest BCUT2D eigenvalue weighted by atomic mass is 9.96. The first-order valence-electron chi connectivity index (χ1n) is 9.81. The van der Waals surface area contributed by atoms with E-state index in [1.54, 1.807) is 10.6 Å². The molecule has 5 rings (SSSR count). The largest absolute Gasteiger partial charge is 0.440 e. The molecule has 2 aromatic heterocycles. The molecule has 142 valence electrons. The van der Waals surface area contributed by atoms with Gasteiger partial charge in [-0.15, -0.1) is 0 Å². The number of pyridine rings is 1. The maximum Gasteiger partial charge on any atom is 0.252 e. The monoisotopic (exact) mass is 373 g/mol. The summed E-state index contributed by atoms with van der Waals surface area (Å²) in [4.78, 5) is 19.5. The van der Waals surface area contributed by atoms with E-state index in [1.165, 1.54) is 5.56 Å². The molecule has 0 unspecified atom stereocenters. The van der Waals surface area contributed by atoms with Gasteiger partial charge in [-0.05, 0) is 43.5 Å². The standard InChI is InChI=1S/C23H23N3O2/c1-15-7-8-21-18(13-15)24-23(28-21)16-9-11-26(12-10-16)20-14-22(27)25(2)19-6-4-3-5-17(19)20/h3-8,13-14,16H,9-12H2,1-2H3. The van der Waals surface area contributed by atoms with Crippen LogP contribution in [0.5, 0.6) is 0 Å². The van der Waals surface area contributed by atoms with E-state index in [-0.39, 0.29) is 5.56 Å². The molecule has 28 heavy (non-hydrogen) atoms. The predicted molar refractivity (Wildman–Crippen MR) is 112 cm³/mol. The van der Waals surface area contributed by atoms with Crippen LogP contribution in [0.2, 0.25) is 0 Å². The van der Waals surface area contributed by atoms with Gasteiger partial charge in [0.25, 0.3) is 5.56 Å². The van der Waals surface area contributed by atoms with Gasteiger partial charge in [-0.3, -0.25) is 4.79 Å². The van der Waals surface area contributed by atoms with Gasteiger partial charge >= 0.3 is 0 Å². The van der Waals surface area contributed by atoms with E-state index < -0.39 is 0 Å². The second kappa shape index (κ2) is 6.51. The van der Waals surface area contributed by atoms with Crippen LogP contribution in [0.1, 0.15) is 30.2 Å². The fraction of sp³-hybridized carbons (Fsp3) is 0.304. The first-order chi connectivity index (χ1) is 13.6. The Morgan fingerprint density at radius 3 is 2.68 bits per heavy atom. The van der Waals surface area contributed by atoms with Gasteiger partial charge in [-0.1, -0.05) is 24.3 Å². The van der Waals surface area contributed by atoms with Gasteiger partial charge in [0.15, 0.2) is 11.5 Å². The quantitative estimate of drug-likeness (QED) is 0.523. The van der Waals surface area contributed by atoms with Crippen LogP contribution in [-0.4, -0.2) is 22.6 Å². The molecule has 0 N–H and O–H groups in total. The number of hydrogen-bond donors (Lipinski definition) is 0. The Morgan fingerprint density at radius 2 is 1.86 bits per heavy atom. The topological polar surface area (TPSA) is 51.3 Å². The SMILES string of the molecule is Cc1ccc2oc(C3CCN(c4cc(=O)n(C)c5ccccc45)CC3)nc2c1. The molecule has 1 saturated heterocycles. The molecule has 0 amide bonds. The summed E-state index contributed by atoms with van der Waals surface area (Å²) < 4.78 is 7.74. The van der Waals surface area contributed by atoms with Crippen molar-refractivity contribution in [2.75, 3.05) is 18.0 Å². The highest BCUT2D eigenvalue weighted by Gasteiger charge is 2.26. The fourth-order valence-electron chi connectivity index (χ4n) is 4.25. The van der Waals surface area contributed by atoms with Crippen molar-refractivity contribution in [1.82, 2.24) is 9.55 Å². The van der Waals surface area contributed by atoms with Crippen molar-refractivity contribution in [3.8, 4) is 0 Å². The minimum absolute atomic E-state index is 0.0325. The summed E-state index contributed by atoms with van der Waals surface area (Å²) in [6, 6.07) is 16.0. The number of rotatable bonds is 2. The molecule has 1 fully saturated rings. The Hall–Kier alpha value is -3.08. The predicted octanol–water partition coefficient (Wildman–Crippen LogP) is 4.37. The van der Waals surface area contributed by atoms with Gasteiger partial charge < -0.3 is 13.9 Å². The Balaban J connectivity index is 1.42. The molecule has 0 spiro atoms. The fourth-order valence-corrected chi connectivity index (χ4v) is 4.25. The van der Waals surface area contributed by atoms with Gasteiger partial charge in [-0.2, -0.15) is 0 Å². The van der Waals surface area contributed by atoms with Crippen molar-refractivity contribution >= 4 is 27.7 Å². The van der Waals surface area contributed by atoms with Gasteiger partial charge in [0.05, 0.1) is 11.2 Å². The lowest BCUT2D eigenvalue weighted by Gasteiger charge is -2.33. The zero-order chi connectivity index (χ0) is 19.3. The Labute approximate surface area is 163 Å². The molecule has 0 atom stereocenters. The summed E-state index contributed by atoms with van der Waals surface area (Å²) in [6.07, 6.45) is 1.94. The molecule has 3 heterocycles. The van der Waals surface area contributed by atoms with Gasteiger partial charge in [-0.25, -0.2) is 4.98 Å². The smallest absolute Gasteiger partial charge is 0.252 e. The van der Waals surface area contributed by atoms with E-state index in [0.717, 1.165) is 59.5 Å². The van der Waals surface area contributed by atoms with Crippen molar-refractivity contribution < 1.29 is 4.42 Å². The number of benzene rings is 2. The summed E-state index contributed by atoms with van der Waals surface area (Å²) in [5.74, 6) is 1.16. The van der Waals surface area contributed by atoms with E-state index in [1.807, 2.05) is 31.3 Å². The summed E-state index contributed by atoms with van der Waals surface area (Å²) in [5.41, 5.74) is 5.03. The van der Waals surface area contributed by atoms with Crippen LogP contribution >= 0.6 is 0 Å². The van der Waals surface area contributed by atoms with Crippen molar-refractivity contribution in [3.63, 3.8) is 0 Å². The molecule has 1 aliphatic rings. The average Bonchev–Trinajstić information content (AvgIpc) is 3.14. The highest BCUT2D eigenvalue weighted by atomic mass is 16.3. The number of piperidine rings is 1. The van der Waals surface area contributed by atoms with Gasteiger partial charge in [0.1, 0.15) is 5.52 Å². The molecule has 0 bridgehead atoms. The molecule has 0 saturated carbocycles. The summed E-state index contributed by atoms with van der Waals surface area (Å²) in [6.45, 7) is 3.85.